The summed E-state index contributed by atoms with van der Waals surface area (Å²) in [6.45, 7) is 2.51. The zero-order valence-electron chi connectivity index (χ0n) is 11.0. The summed E-state index contributed by atoms with van der Waals surface area (Å²) in [4.78, 5) is 16.1. The van der Waals surface area contributed by atoms with Crippen molar-refractivity contribution >= 4 is 5.97 Å². The standard InChI is InChI=1S/C15H21NO2/c1-12-6-4-9-14(16-12)10-5-11-18-15(17)13-7-2-3-8-13/h4,6,9,13H,2-3,5,7-8,10-11H2,1H3. The Morgan fingerprint density at radius 1 is 1.39 bits per heavy atom. The number of ether oxygens (including phenoxy) is 1. The Balaban J connectivity index is 1.65. The minimum Gasteiger partial charge on any atom is -0.465 e. The molecular formula is C15H21NO2. The van der Waals surface area contributed by atoms with Crippen LogP contribution in [0, 0.1) is 12.8 Å². The molecule has 1 aliphatic carbocycles. The third-order valence-electron chi connectivity index (χ3n) is 3.46. The van der Waals surface area contributed by atoms with Crippen molar-refractivity contribution in [1.82, 2.24) is 4.98 Å². The van der Waals surface area contributed by atoms with Crippen LogP contribution in [-0.4, -0.2) is 17.6 Å². The fourth-order valence-corrected chi connectivity index (χ4v) is 2.44. The van der Waals surface area contributed by atoms with Gasteiger partial charge in [-0.2, -0.15) is 0 Å². The van der Waals surface area contributed by atoms with Gasteiger partial charge in [0.05, 0.1) is 12.5 Å². The number of nitrogens with zero attached hydrogens (tertiary/aromatic N) is 1. The first-order valence-electron chi connectivity index (χ1n) is 6.85. The van der Waals surface area contributed by atoms with E-state index in [-0.39, 0.29) is 11.9 Å². The quantitative estimate of drug-likeness (QED) is 0.593. The van der Waals surface area contributed by atoms with Crippen LogP contribution < -0.4 is 0 Å². The zero-order chi connectivity index (χ0) is 12.8. The minimum absolute atomic E-state index is 0.00435. The molecular weight excluding hydrogens is 226 g/mol. The van der Waals surface area contributed by atoms with E-state index in [0.717, 1.165) is 37.1 Å². The van der Waals surface area contributed by atoms with Gasteiger partial charge in [0.2, 0.25) is 0 Å². The number of carbonyl (C=O) groups excluding carboxylic acids is 1. The highest BCUT2D eigenvalue weighted by Gasteiger charge is 2.23. The Bertz CT molecular complexity index is 397. The molecule has 0 atom stereocenters. The van der Waals surface area contributed by atoms with Crippen LogP contribution in [0.15, 0.2) is 18.2 Å². The van der Waals surface area contributed by atoms with Crippen LogP contribution in [0.2, 0.25) is 0 Å². The predicted octanol–water partition coefficient (Wildman–Crippen LogP) is 3.06. The predicted molar refractivity (Wildman–Crippen MR) is 70.2 cm³/mol. The summed E-state index contributed by atoms with van der Waals surface area (Å²) < 4.78 is 5.31. The average molecular weight is 247 g/mol. The molecule has 0 saturated heterocycles. The van der Waals surface area contributed by atoms with Crippen molar-refractivity contribution in [3.63, 3.8) is 0 Å². The molecule has 2 rings (SSSR count). The first-order chi connectivity index (χ1) is 8.75. The van der Waals surface area contributed by atoms with Gasteiger partial charge in [0.1, 0.15) is 0 Å². The fourth-order valence-electron chi connectivity index (χ4n) is 2.44. The number of hydrogen-bond donors (Lipinski definition) is 0. The van der Waals surface area contributed by atoms with Gasteiger partial charge in [-0.25, -0.2) is 0 Å². The van der Waals surface area contributed by atoms with E-state index < -0.39 is 0 Å². The molecule has 1 saturated carbocycles. The number of carbonyl (C=O) groups is 1. The monoisotopic (exact) mass is 247 g/mol. The van der Waals surface area contributed by atoms with Gasteiger partial charge >= 0.3 is 5.97 Å². The summed E-state index contributed by atoms with van der Waals surface area (Å²) >= 11 is 0. The van der Waals surface area contributed by atoms with E-state index in [9.17, 15) is 4.79 Å². The number of pyridine rings is 1. The van der Waals surface area contributed by atoms with E-state index in [1.54, 1.807) is 0 Å². The van der Waals surface area contributed by atoms with Gasteiger partial charge in [-0.05, 0) is 44.7 Å². The number of aromatic nitrogens is 1. The van der Waals surface area contributed by atoms with Gasteiger partial charge in [-0.1, -0.05) is 18.9 Å². The summed E-state index contributed by atoms with van der Waals surface area (Å²) in [5.74, 6) is 0.173. The molecule has 1 aromatic heterocycles. The maximum absolute atomic E-state index is 11.7. The molecule has 1 aliphatic rings. The normalized spacial score (nSPS) is 15.8. The fraction of sp³-hybridized carbons (Fsp3) is 0.600. The van der Waals surface area contributed by atoms with Crippen molar-refractivity contribution in [2.24, 2.45) is 5.92 Å². The summed E-state index contributed by atoms with van der Waals surface area (Å²) in [5, 5.41) is 0. The Morgan fingerprint density at radius 2 is 2.17 bits per heavy atom. The molecule has 98 valence electrons. The van der Waals surface area contributed by atoms with E-state index in [1.807, 2.05) is 25.1 Å². The third-order valence-corrected chi connectivity index (χ3v) is 3.46. The van der Waals surface area contributed by atoms with Gasteiger partial charge < -0.3 is 4.74 Å². The Kier molecular flexibility index (Phi) is 4.73. The maximum Gasteiger partial charge on any atom is 0.308 e. The molecule has 3 nitrogen and oxygen atoms in total. The van der Waals surface area contributed by atoms with E-state index in [4.69, 9.17) is 4.74 Å². The summed E-state index contributed by atoms with van der Waals surface area (Å²) in [5.41, 5.74) is 2.11. The van der Waals surface area contributed by atoms with Crippen LogP contribution in [0.4, 0.5) is 0 Å². The number of hydrogen-bond acceptors (Lipinski definition) is 3. The molecule has 0 aliphatic heterocycles. The zero-order valence-corrected chi connectivity index (χ0v) is 11.0. The molecule has 0 unspecified atom stereocenters. The van der Waals surface area contributed by atoms with Crippen LogP contribution in [0.5, 0.6) is 0 Å². The van der Waals surface area contributed by atoms with Gasteiger partial charge in [0.25, 0.3) is 0 Å². The molecule has 0 spiro atoms. The lowest BCUT2D eigenvalue weighted by Crippen LogP contribution is -2.15. The molecule has 1 fully saturated rings. The Labute approximate surface area is 109 Å². The highest BCUT2D eigenvalue weighted by molar-refractivity contribution is 5.72. The highest BCUT2D eigenvalue weighted by Crippen LogP contribution is 2.25. The SMILES string of the molecule is Cc1cccc(CCCOC(=O)C2CCCC2)n1. The van der Waals surface area contributed by atoms with Crippen LogP contribution in [0.25, 0.3) is 0 Å². The molecule has 0 radical (unpaired) electrons. The third kappa shape index (κ3) is 3.83. The van der Waals surface area contributed by atoms with Crippen LogP contribution in [0.3, 0.4) is 0 Å². The molecule has 0 N–H and O–H groups in total. The molecule has 0 aromatic carbocycles. The van der Waals surface area contributed by atoms with E-state index >= 15 is 0 Å². The minimum atomic E-state index is 0.00435. The van der Waals surface area contributed by atoms with Crippen molar-refractivity contribution in [2.45, 2.75) is 45.4 Å². The van der Waals surface area contributed by atoms with Crippen LogP contribution in [0.1, 0.15) is 43.5 Å². The molecule has 0 bridgehead atoms. The lowest BCUT2D eigenvalue weighted by Gasteiger charge is -2.09. The van der Waals surface area contributed by atoms with Crippen molar-refractivity contribution in [3.8, 4) is 0 Å². The topological polar surface area (TPSA) is 39.2 Å². The second-order valence-corrected chi connectivity index (χ2v) is 5.02. The average Bonchev–Trinajstić information content (AvgIpc) is 2.88. The first-order valence-corrected chi connectivity index (χ1v) is 6.85. The van der Waals surface area contributed by atoms with Crippen molar-refractivity contribution in [2.75, 3.05) is 6.61 Å². The number of rotatable bonds is 5. The second kappa shape index (κ2) is 6.53. The maximum atomic E-state index is 11.7. The number of aryl methyl sites for hydroxylation is 2. The summed E-state index contributed by atoms with van der Waals surface area (Å²) in [6, 6.07) is 6.03. The molecule has 1 heterocycles. The largest absolute Gasteiger partial charge is 0.465 e. The molecule has 0 amide bonds. The number of esters is 1. The van der Waals surface area contributed by atoms with E-state index in [1.165, 1.54) is 12.8 Å². The van der Waals surface area contributed by atoms with E-state index in [2.05, 4.69) is 4.98 Å². The lowest BCUT2D eigenvalue weighted by molar-refractivity contribution is -0.148. The summed E-state index contributed by atoms with van der Waals surface area (Å²) in [6.07, 6.45) is 6.10. The van der Waals surface area contributed by atoms with Crippen LogP contribution in [-0.2, 0) is 16.0 Å². The van der Waals surface area contributed by atoms with Crippen molar-refractivity contribution < 1.29 is 9.53 Å². The second-order valence-electron chi connectivity index (χ2n) is 5.02. The highest BCUT2D eigenvalue weighted by atomic mass is 16.5. The smallest absolute Gasteiger partial charge is 0.308 e. The Morgan fingerprint density at radius 3 is 2.89 bits per heavy atom. The van der Waals surface area contributed by atoms with Gasteiger partial charge in [-0.3, -0.25) is 9.78 Å². The van der Waals surface area contributed by atoms with Crippen molar-refractivity contribution in [3.05, 3.63) is 29.6 Å². The van der Waals surface area contributed by atoms with Gasteiger partial charge in [0, 0.05) is 11.4 Å². The lowest BCUT2D eigenvalue weighted by atomic mass is 10.1. The van der Waals surface area contributed by atoms with Crippen LogP contribution >= 0.6 is 0 Å². The Hall–Kier alpha value is -1.38. The summed E-state index contributed by atoms with van der Waals surface area (Å²) in [7, 11) is 0. The van der Waals surface area contributed by atoms with Gasteiger partial charge in [0.15, 0.2) is 0 Å². The molecule has 1 aromatic rings. The molecule has 3 heteroatoms. The van der Waals surface area contributed by atoms with Gasteiger partial charge in [-0.15, -0.1) is 0 Å². The molecule has 18 heavy (non-hydrogen) atoms. The van der Waals surface area contributed by atoms with Crippen molar-refractivity contribution in [1.29, 1.82) is 0 Å². The van der Waals surface area contributed by atoms with E-state index in [0.29, 0.717) is 6.61 Å². The first kappa shape index (κ1) is 13.1.